The highest BCUT2D eigenvalue weighted by Crippen LogP contribution is 2.61. The van der Waals surface area contributed by atoms with Gasteiger partial charge in [-0.3, -0.25) is 4.79 Å². The zero-order chi connectivity index (χ0) is 25.2. The summed E-state index contributed by atoms with van der Waals surface area (Å²) in [6.07, 6.45) is 8.52. The summed E-state index contributed by atoms with van der Waals surface area (Å²) in [5.74, 6) is 2.56. The Hall–Kier alpha value is -1.95. The van der Waals surface area contributed by atoms with Crippen molar-refractivity contribution in [2.45, 2.75) is 51.3 Å². The standard InChI is InChI=1S/C28H30Cl3N3O2/c1-28(2)16-4-3-15(21(28)11-16)14-32-27(35)25-20-9-10-36-24-13-18(30)5-7-19(24)26(20)34(33-25)23-8-6-17(29)12-22(23)31/h5-8,13,15-16,21-22H,3-4,9-12,14H2,1-2H3,(H,32,35). The molecule has 8 heteroatoms. The minimum atomic E-state index is -0.363. The van der Waals surface area contributed by atoms with Crippen molar-refractivity contribution in [3.8, 4) is 17.0 Å². The molecule has 2 aromatic rings. The Morgan fingerprint density at radius 3 is 2.83 bits per heavy atom. The molecular formula is C28H30Cl3N3O2. The predicted octanol–water partition coefficient (Wildman–Crippen LogP) is 6.92. The highest BCUT2D eigenvalue weighted by Gasteiger charge is 2.54. The summed E-state index contributed by atoms with van der Waals surface area (Å²) in [6, 6.07) is 5.56. The molecule has 4 atom stereocenters. The Morgan fingerprint density at radius 1 is 1.25 bits per heavy atom. The van der Waals surface area contributed by atoms with E-state index in [0.717, 1.165) is 28.4 Å². The third-order valence-electron chi connectivity index (χ3n) is 8.91. The molecule has 4 unspecified atom stereocenters. The minimum Gasteiger partial charge on any atom is -0.492 e. The van der Waals surface area contributed by atoms with Crippen LogP contribution in [0.5, 0.6) is 5.75 Å². The summed E-state index contributed by atoms with van der Waals surface area (Å²) in [6.45, 7) is 5.88. The number of aromatic nitrogens is 2. The fourth-order valence-electron chi connectivity index (χ4n) is 6.75. The first-order valence-corrected chi connectivity index (χ1v) is 14.0. The molecule has 5 nitrogen and oxygen atoms in total. The molecule has 3 fully saturated rings. The van der Waals surface area contributed by atoms with Crippen molar-refractivity contribution < 1.29 is 9.53 Å². The minimum absolute atomic E-state index is 0.141. The van der Waals surface area contributed by atoms with Crippen LogP contribution in [0.1, 0.15) is 55.6 Å². The molecule has 5 aliphatic rings. The van der Waals surface area contributed by atoms with Crippen LogP contribution in [0, 0.1) is 23.2 Å². The van der Waals surface area contributed by atoms with Crippen LogP contribution >= 0.6 is 34.8 Å². The number of carbonyl (C=O) groups excluding carboxylic acids is 1. The molecule has 1 aliphatic heterocycles. The summed E-state index contributed by atoms with van der Waals surface area (Å²) < 4.78 is 7.85. The van der Waals surface area contributed by atoms with E-state index in [1.807, 2.05) is 35.0 Å². The average molecular weight is 547 g/mol. The van der Waals surface area contributed by atoms with Crippen LogP contribution in [0.2, 0.25) is 5.02 Å². The van der Waals surface area contributed by atoms with Crippen molar-refractivity contribution in [1.29, 1.82) is 0 Å². The van der Waals surface area contributed by atoms with Gasteiger partial charge in [-0.1, -0.05) is 37.0 Å². The Kier molecular flexibility index (Phi) is 6.17. The number of hydrogen-bond donors (Lipinski definition) is 1. The number of alkyl halides is 1. The van der Waals surface area contributed by atoms with Gasteiger partial charge >= 0.3 is 0 Å². The maximum Gasteiger partial charge on any atom is 0.272 e. The number of nitrogens with one attached hydrogen (secondary N) is 1. The Morgan fingerprint density at radius 2 is 2.08 bits per heavy atom. The number of fused-ring (bicyclic) bond motifs is 5. The summed E-state index contributed by atoms with van der Waals surface area (Å²) in [5.41, 5.74) is 4.14. The Bertz CT molecular complexity index is 1290. The van der Waals surface area contributed by atoms with E-state index in [-0.39, 0.29) is 11.3 Å². The Balaban J connectivity index is 1.37. The molecule has 36 heavy (non-hydrogen) atoms. The van der Waals surface area contributed by atoms with Crippen molar-refractivity contribution in [2.24, 2.45) is 23.2 Å². The maximum absolute atomic E-state index is 13.6. The third-order valence-corrected chi connectivity index (χ3v) is 9.80. The van der Waals surface area contributed by atoms with Crippen LogP contribution in [0.4, 0.5) is 0 Å². The third kappa shape index (κ3) is 3.99. The van der Waals surface area contributed by atoms with Crippen LogP contribution in [0.25, 0.3) is 17.0 Å². The molecule has 1 amide bonds. The predicted molar refractivity (Wildman–Crippen MR) is 145 cm³/mol. The number of rotatable bonds is 4. The highest BCUT2D eigenvalue weighted by molar-refractivity contribution is 6.32. The van der Waals surface area contributed by atoms with Crippen molar-refractivity contribution in [3.63, 3.8) is 0 Å². The highest BCUT2D eigenvalue weighted by atomic mass is 35.5. The Labute approximate surface area is 226 Å². The van der Waals surface area contributed by atoms with Crippen LogP contribution < -0.4 is 10.1 Å². The number of halogens is 3. The quantitative estimate of drug-likeness (QED) is 0.424. The summed E-state index contributed by atoms with van der Waals surface area (Å²) in [5, 5.41) is 9.03. The molecule has 1 N–H and O–H groups in total. The van der Waals surface area contributed by atoms with Gasteiger partial charge in [0, 0.05) is 40.6 Å². The number of carbonyl (C=O) groups is 1. The second-order valence-electron chi connectivity index (χ2n) is 11.1. The van der Waals surface area contributed by atoms with E-state index in [2.05, 4.69) is 19.2 Å². The summed E-state index contributed by atoms with van der Waals surface area (Å²) in [7, 11) is 0. The number of allylic oxidation sites excluding steroid dienone is 4. The van der Waals surface area contributed by atoms with Crippen LogP contribution in [0.3, 0.4) is 0 Å². The number of hydrogen-bond acceptors (Lipinski definition) is 3. The van der Waals surface area contributed by atoms with Gasteiger partial charge in [-0.25, -0.2) is 4.68 Å². The number of ether oxygens (including phenoxy) is 1. The lowest BCUT2D eigenvalue weighted by Crippen LogP contribution is -2.54. The smallest absolute Gasteiger partial charge is 0.272 e. The largest absolute Gasteiger partial charge is 0.492 e. The first kappa shape index (κ1) is 24.4. The van der Waals surface area contributed by atoms with Crippen LogP contribution in [-0.2, 0) is 6.42 Å². The van der Waals surface area contributed by atoms with Crippen molar-refractivity contribution in [1.82, 2.24) is 15.1 Å². The average Bonchev–Trinajstić information content (AvgIpc) is 3.11. The molecule has 4 aliphatic carbocycles. The van der Waals surface area contributed by atoms with Crippen molar-refractivity contribution >= 4 is 46.4 Å². The lowest BCUT2D eigenvalue weighted by Gasteiger charge is -2.60. The van der Waals surface area contributed by atoms with Crippen LogP contribution in [0.15, 0.2) is 35.4 Å². The van der Waals surface area contributed by atoms with E-state index in [9.17, 15) is 4.79 Å². The van der Waals surface area contributed by atoms with Gasteiger partial charge in [-0.15, -0.1) is 11.6 Å². The van der Waals surface area contributed by atoms with E-state index >= 15 is 0 Å². The van der Waals surface area contributed by atoms with Gasteiger partial charge in [-0.05, 0) is 72.8 Å². The molecule has 3 saturated carbocycles. The topological polar surface area (TPSA) is 56.2 Å². The van der Waals surface area contributed by atoms with Gasteiger partial charge in [0.1, 0.15) is 5.75 Å². The molecule has 0 saturated heterocycles. The van der Waals surface area contributed by atoms with Gasteiger partial charge in [0.05, 0.1) is 23.4 Å². The van der Waals surface area contributed by atoms with Crippen molar-refractivity contribution in [3.05, 3.63) is 51.7 Å². The maximum atomic E-state index is 13.6. The molecular weight excluding hydrogens is 517 g/mol. The van der Waals surface area contributed by atoms with Gasteiger partial charge < -0.3 is 10.1 Å². The second kappa shape index (κ2) is 9.11. The fraction of sp³-hybridized carbons (Fsp3) is 0.500. The second-order valence-corrected chi connectivity index (χ2v) is 12.6. The molecule has 1 aromatic carbocycles. The molecule has 190 valence electrons. The number of amides is 1. The SMILES string of the molecule is CC1(C)C2CCC(CNC(=O)c3nn(C4=CC=C(Cl)CC4Cl)c4c3CCOc3cc(Cl)ccc3-4)C1C2. The zero-order valence-corrected chi connectivity index (χ0v) is 22.8. The number of benzene rings is 1. The van der Waals surface area contributed by atoms with Gasteiger partial charge in [0.2, 0.25) is 0 Å². The lowest BCUT2D eigenvalue weighted by molar-refractivity contribution is -0.103. The summed E-state index contributed by atoms with van der Waals surface area (Å²) in [4.78, 5) is 13.6. The van der Waals surface area contributed by atoms with E-state index < -0.39 is 0 Å². The van der Waals surface area contributed by atoms with E-state index in [1.165, 1.54) is 19.3 Å². The van der Waals surface area contributed by atoms with E-state index in [0.29, 0.717) is 64.7 Å². The van der Waals surface area contributed by atoms with Crippen LogP contribution in [-0.4, -0.2) is 34.2 Å². The number of nitrogens with zero attached hydrogens (tertiary/aromatic N) is 2. The molecule has 2 heterocycles. The molecule has 2 bridgehead atoms. The van der Waals surface area contributed by atoms with E-state index in [1.54, 1.807) is 0 Å². The molecule has 0 radical (unpaired) electrons. The van der Waals surface area contributed by atoms with Gasteiger partial charge in [0.15, 0.2) is 5.69 Å². The first-order chi connectivity index (χ1) is 17.2. The fourth-order valence-corrected chi connectivity index (χ4v) is 7.54. The van der Waals surface area contributed by atoms with E-state index in [4.69, 9.17) is 44.6 Å². The summed E-state index contributed by atoms with van der Waals surface area (Å²) >= 11 is 19.2. The molecule has 7 rings (SSSR count). The monoisotopic (exact) mass is 545 g/mol. The molecule has 1 aromatic heterocycles. The molecule has 0 spiro atoms. The van der Waals surface area contributed by atoms with Crippen molar-refractivity contribution in [2.75, 3.05) is 13.2 Å². The van der Waals surface area contributed by atoms with Gasteiger partial charge in [0.25, 0.3) is 5.91 Å². The lowest BCUT2D eigenvalue weighted by atomic mass is 9.45. The first-order valence-electron chi connectivity index (χ1n) is 12.8. The van der Waals surface area contributed by atoms with Gasteiger partial charge in [-0.2, -0.15) is 5.10 Å². The normalized spacial score (nSPS) is 27.9. The zero-order valence-electron chi connectivity index (χ0n) is 20.5.